The van der Waals surface area contributed by atoms with Crippen molar-refractivity contribution in [3.63, 3.8) is 0 Å². The van der Waals surface area contributed by atoms with Crippen molar-refractivity contribution in [2.45, 2.75) is 44.8 Å². The summed E-state index contributed by atoms with van der Waals surface area (Å²) in [4.78, 5) is 1.25. The monoisotopic (exact) mass is 239 g/mol. The van der Waals surface area contributed by atoms with Crippen LogP contribution in [0.2, 0.25) is 0 Å². The molecule has 0 amide bonds. The molecular weight excluding hydrogens is 218 g/mol. The molecule has 1 fully saturated rings. The van der Waals surface area contributed by atoms with Crippen molar-refractivity contribution < 1.29 is 4.74 Å². The third-order valence-corrected chi connectivity index (χ3v) is 4.28. The first-order valence-corrected chi connectivity index (χ1v) is 7.06. The lowest BCUT2D eigenvalue weighted by atomic mass is 9.83. The normalized spacial score (nSPS) is 20.4. The van der Waals surface area contributed by atoms with Gasteiger partial charge in [0.15, 0.2) is 0 Å². The lowest BCUT2D eigenvalue weighted by molar-refractivity contribution is 0.0267. The van der Waals surface area contributed by atoms with Gasteiger partial charge in [-0.05, 0) is 30.7 Å². The zero-order valence-electron chi connectivity index (χ0n) is 9.89. The fourth-order valence-corrected chi connectivity index (χ4v) is 2.98. The number of hydrogen-bond acceptors (Lipinski definition) is 3. The van der Waals surface area contributed by atoms with Crippen LogP contribution < -0.4 is 5.73 Å². The molecule has 1 saturated carbocycles. The SMILES string of the molecule is CC(N)C(OCCC1CCC1)c1cccs1. The molecule has 0 aliphatic heterocycles. The maximum absolute atomic E-state index is 5.97. The van der Waals surface area contributed by atoms with E-state index in [1.807, 2.05) is 6.92 Å². The second-order valence-electron chi connectivity index (χ2n) is 4.75. The molecule has 1 aliphatic carbocycles. The molecule has 2 atom stereocenters. The van der Waals surface area contributed by atoms with Crippen molar-refractivity contribution in [2.75, 3.05) is 6.61 Å². The summed E-state index contributed by atoms with van der Waals surface area (Å²) in [5.74, 6) is 0.914. The van der Waals surface area contributed by atoms with Crippen LogP contribution in [-0.4, -0.2) is 12.6 Å². The topological polar surface area (TPSA) is 35.2 Å². The van der Waals surface area contributed by atoms with E-state index in [0.29, 0.717) is 0 Å². The highest BCUT2D eigenvalue weighted by Crippen LogP contribution is 2.31. The molecule has 1 aromatic heterocycles. The van der Waals surface area contributed by atoms with E-state index in [1.165, 1.54) is 30.6 Å². The molecular formula is C13H21NOS. The molecule has 16 heavy (non-hydrogen) atoms. The molecule has 90 valence electrons. The van der Waals surface area contributed by atoms with Gasteiger partial charge in [-0.1, -0.05) is 25.3 Å². The minimum atomic E-state index is 0.0695. The minimum absolute atomic E-state index is 0.0695. The zero-order valence-corrected chi connectivity index (χ0v) is 10.7. The third-order valence-electron chi connectivity index (χ3n) is 3.35. The van der Waals surface area contributed by atoms with Crippen LogP contribution in [0, 0.1) is 5.92 Å². The quantitative estimate of drug-likeness (QED) is 0.826. The van der Waals surface area contributed by atoms with Gasteiger partial charge in [0, 0.05) is 17.5 Å². The van der Waals surface area contributed by atoms with Crippen molar-refractivity contribution in [1.29, 1.82) is 0 Å². The van der Waals surface area contributed by atoms with Gasteiger partial charge in [0.05, 0.1) is 0 Å². The Morgan fingerprint density at radius 1 is 1.56 bits per heavy atom. The average molecular weight is 239 g/mol. The summed E-state index contributed by atoms with van der Waals surface area (Å²) in [5.41, 5.74) is 5.97. The van der Waals surface area contributed by atoms with Gasteiger partial charge in [-0.15, -0.1) is 11.3 Å². The first-order valence-electron chi connectivity index (χ1n) is 6.18. The number of hydrogen-bond donors (Lipinski definition) is 1. The maximum atomic E-state index is 5.97. The van der Waals surface area contributed by atoms with Gasteiger partial charge in [0.1, 0.15) is 6.10 Å². The van der Waals surface area contributed by atoms with E-state index in [2.05, 4.69) is 17.5 Å². The van der Waals surface area contributed by atoms with Crippen molar-refractivity contribution in [3.8, 4) is 0 Å². The van der Waals surface area contributed by atoms with E-state index in [4.69, 9.17) is 10.5 Å². The Morgan fingerprint density at radius 2 is 2.38 bits per heavy atom. The van der Waals surface area contributed by atoms with E-state index in [1.54, 1.807) is 11.3 Å². The van der Waals surface area contributed by atoms with Crippen molar-refractivity contribution in [1.82, 2.24) is 0 Å². The summed E-state index contributed by atoms with van der Waals surface area (Å²) in [6, 6.07) is 4.24. The summed E-state index contributed by atoms with van der Waals surface area (Å²) < 4.78 is 5.94. The van der Waals surface area contributed by atoms with Crippen LogP contribution in [0.15, 0.2) is 17.5 Å². The molecule has 2 unspecified atom stereocenters. The Labute approximate surface area is 102 Å². The highest BCUT2D eigenvalue weighted by Gasteiger charge is 2.20. The molecule has 2 N–H and O–H groups in total. The lowest BCUT2D eigenvalue weighted by Gasteiger charge is -2.27. The second kappa shape index (κ2) is 5.80. The molecule has 0 aromatic carbocycles. The van der Waals surface area contributed by atoms with Crippen molar-refractivity contribution >= 4 is 11.3 Å². The Balaban J connectivity index is 1.78. The predicted molar refractivity (Wildman–Crippen MR) is 68.6 cm³/mol. The Hall–Kier alpha value is -0.380. The smallest absolute Gasteiger partial charge is 0.106 e. The van der Waals surface area contributed by atoms with Crippen LogP contribution in [-0.2, 0) is 4.74 Å². The van der Waals surface area contributed by atoms with Gasteiger partial charge in [-0.25, -0.2) is 0 Å². The largest absolute Gasteiger partial charge is 0.371 e. The molecule has 0 bridgehead atoms. The molecule has 0 saturated heterocycles. The van der Waals surface area contributed by atoms with Crippen LogP contribution in [0.1, 0.15) is 43.6 Å². The number of ether oxygens (including phenoxy) is 1. The zero-order chi connectivity index (χ0) is 11.4. The summed E-state index contributed by atoms with van der Waals surface area (Å²) in [6.07, 6.45) is 5.48. The van der Waals surface area contributed by atoms with Gasteiger partial charge in [0.25, 0.3) is 0 Å². The van der Waals surface area contributed by atoms with E-state index in [0.717, 1.165) is 12.5 Å². The summed E-state index contributed by atoms with van der Waals surface area (Å²) >= 11 is 1.73. The van der Waals surface area contributed by atoms with Gasteiger partial charge in [-0.3, -0.25) is 0 Å². The number of nitrogens with two attached hydrogens (primary N) is 1. The van der Waals surface area contributed by atoms with E-state index in [9.17, 15) is 0 Å². The molecule has 2 nitrogen and oxygen atoms in total. The average Bonchev–Trinajstić information content (AvgIpc) is 2.67. The van der Waals surface area contributed by atoms with Crippen molar-refractivity contribution in [2.24, 2.45) is 11.7 Å². The molecule has 1 heterocycles. The summed E-state index contributed by atoms with van der Waals surface area (Å²) in [5, 5.41) is 2.08. The van der Waals surface area contributed by atoms with Crippen LogP contribution in [0.25, 0.3) is 0 Å². The van der Waals surface area contributed by atoms with Gasteiger partial charge >= 0.3 is 0 Å². The molecule has 2 rings (SSSR count). The van der Waals surface area contributed by atoms with Crippen LogP contribution >= 0.6 is 11.3 Å². The van der Waals surface area contributed by atoms with Crippen LogP contribution in [0.5, 0.6) is 0 Å². The van der Waals surface area contributed by atoms with Crippen LogP contribution in [0.4, 0.5) is 0 Å². The maximum Gasteiger partial charge on any atom is 0.106 e. The Kier molecular flexibility index (Phi) is 4.38. The highest BCUT2D eigenvalue weighted by atomic mass is 32.1. The molecule has 1 aliphatic rings. The fraction of sp³-hybridized carbons (Fsp3) is 0.692. The minimum Gasteiger partial charge on any atom is -0.371 e. The molecule has 3 heteroatoms. The lowest BCUT2D eigenvalue weighted by Crippen LogP contribution is -2.27. The standard InChI is InChI=1S/C13H21NOS/c1-10(14)13(12-6-3-9-16-12)15-8-7-11-4-2-5-11/h3,6,9-11,13H,2,4-5,7-8,14H2,1H3. The third kappa shape index (κ3) is 3.06. The number of rotatable bonds is 6. The van der Waals surface area contributed by atoms with Gasteiger partial charge in [-0.2, -0.15) is 0 Å². The molecule has 0 radical (unpaired) electrons. The first kappa shape index (κ1) is 12.1. The summed E-state index contributed by atoms with van der Waals surface area (Å²) in [6.45, 7) is 2.88. The van der Waals surface area contributed by atoms with E-state index >= 15 is 0 Å². The Bertz CT molecular complexity index is 293. The molecule has 1 aromatic rings. The fourth-order valence-electron chi connectivity index (χ4n) is 2.09. The number of thiophene rings is 1. The first-order chi connectivity index (χ1) is 7.77. The predicted octanol–water partition coefficient (Wildman–Crippen LogP) is 3.34. The van der Waals surface area contributed by atoms with Gasteiger partial charge < -0.3 is 10.5 Å². The van der Waals surface area contributed by atoms with Crippen LogP contribution in [0.3, 0.4) is 0 Å². The van der Waals surface area contributed by atoms with Crippen molar-refractivity contribution in [3.05, 3.63) is 22.4 Å². The Morgan fingerprint density at radius 3 is 2.88 bits per heavy atom. The summed E-state index contributed by atoms with van der Waals surface area (Å²) in [7, 11) is 0. The second-order valence-corrected chi connectivity index (χ2v) is 5.73. The highest BCUT2D eigenvalue weighted by molar-refractivity contribution is 7.10. The van der Waals surface area contributed by atoms with E-state index < -0.39 is 0 Å². The molecule has 0 spiro atoms. The van der Waals surface area contributed by atoms with E-state index in [-0.39, 0.29) is 12.1 Å². The van der Waals surface area contributed by atoms with Gasteiger partial charge in [0.2, 0.25) is 0 Å².